The number of hydrogen-bond acceptors (Lipinski definition) is 10. The summed E-state index contributed by atoms with van der Waals surface area (Å²) in [4.78, 5) is 21.7. The molecule has 0 spiro atoms. The number of rotatable bonds is 31. The minimum absolute atomic E-state index is 0.0803. The number of allylic oxidation sites excluding steroid dienone is 1. The predicted octanol–water partition coefficient (Wildman–Crippen LogP) is 4.04. The van der Waals surface area contributed by atoms with Crippen molar-refractivity contribution in [3.8, 4) is 6.07 Å². The van der Waals surface area contributed by atoms with Crippen LogP contribution in [0.15, 0.2) is 12.3 Å². The molecule has 2 atom stereocenters. The van der Waals surface area contributed by atoms with Crippen molar-refractivity contribution in [1.82, 2.24) is 20.6 Å². The Morgan fingerprint density at radius 1 is 0.889 bits per heavy atom. The van der Waals surface area contributed by atoms with Crippen molar-refractivity contribution in [3.63, 3.8) is 0 Å². The number of nitrogens with zero attached hydrogens (tertiary/aromatic N) is 2. The van der Waals surface area contributed by atoms with Crippen molar-refractivity contribution in [2.75, 3.05) is 85.6 Å². The maximum Gasteiger partial charge on any atom is 0.471 e. The summed E-state index contributed by atoms with van der Waals surface area (Å²) in [5.74, 6) is -1.99. The lowest BCUT2D eigenvalue weighted by Gasteiger charge is -2.36. The lowest BCUT2D eigenvalue weighted by atomic mass is 9.92. The van der Waals surface area contributed by atoms with Gasteiger partial charge in [-0.15, -0.1) is 0 Å². The molecular weight excluding hydrogens is 618 g/mol. The number of halogens is 3. The molecule has 2 unspecified atom stereocenters. The van der Waals surface area contributed by atoms with Gasteiger partial charge in [0.15, 0.2) is 0 Å². The Morgan fingerprint density at radius 3 is 1.89 bits per heavy atom. The number of nitrogens with one attached hydrogen (secondary N) is 3. The van der Waals surface area contributed by atoms with Gasteiger partial charge in [-0.2, -0.15) is 18.4 Å². The second-order valence-electron chi connectivity index (χ2n) is 10.5. The van der Waals surface area contributed by atoms with E-state index >= 15 is 0 Å². The first-order valence-corrected chi connectivity index (χ1v) is 16.5. The zero-order valence-corrected chi connectivity index (χ0v) is 27.9. The maximum absolute atomic E-state index is 12.5. The second kappa shape index (κ2) is 27.1. The topological polar surface area (TPSA) is 143 Å². The van der Waals surface area contributed by atoms with Crippen LogP contribution in [0.4, 0.5) is 13.2 Å². The molecule has 0 saturated heterocycles. The highest BCUT2D eigenvalue weighted by molar-refractivity contribution is 7.44. The zero-order valence-electron chi connectivity index (χ0n) is 27.1. The molecule has 262 valence electrons. The van der Waals surface area contributed by atoms with E-state index in [-0.39, 0.29) is 59.0 Å². The van der Waals surface area contributed by atoms with Crippen molar-refractivity contribution >= 4 is 20.8 Å². The lowest BCUT2D eigenvalue weighted by molar-refractivity contribution is -0.173. The van der Waals surface area contributed by atoms with Crippen LogP contribution in [0.25, 0.3) is 0 Å². The Morgan fingerprint density at radius 2 is 1.42 bits per heavy atom. The Hall–Kier alpha value is -2.05. The van der Waals surface area contributed by atoms with E-state index in [0.29, 0.717) is 45.6 Å². The lowest BCUT2D eigenvalue weighted by Crippen LogP contribution is -2.42. The first-order chi connectivity index (χ1) is 21.5. The first kappa shape index (κ1) is 43.0. The molecule has 12 nitrogen and oxygen atoms in total. The predicted molar refractivity (Wildman–Crippen MR) is 166 cm³/mol. The van der Waals surface area contributed by atoms with E-state index in [1.165, 1.54) is 0 Å². The molecule has 16 heteroatoms. The molecular formula is C29H53F3N5O7P. The third-order valence-electron chi connectivity index (χ3n) is 5.91. The minimum atomic E-state index is -4.94. The van der Waals surface area contributed by atoms with Gasteiger partial charge in [0.05, 0.1) is 50.9 Å². The van der Waals surface area contributed by atoms with E-state index in [4.69, 9.17) is 28.5 Å². The molecule has 0 aromatic heterocycles. The van der Waals surface area contributed by atoms with Gasteiger partial charge in [-0.05, 0) is 39.0 Å². The van der Waals surface area contributed by atoms with E-state index in [2.05, 4.69) is 41.8 Å². The van der Waals surface area contributed by atoms with E-state index in [9.17, 15) is 22.8 Å². The average Bonchev–Trinajstić information content (AvgIpc) is 2.99. The quantitative estimate of drug-likeness (QED) is 0.0562. The number of carbonyl (C=O) groups is 2. The third kappa shape index (κ3) is 23.0. The van der Waals surface area contributed by atoms with Crippen molar-refractivity contribution in [2.45, 2.75) is 65.5 Å². The Bertz CT molecular complexity index is 833. The van der Waals surface area contributed by atoms with Crippen LogP contribution in [-0.4, -0.2) is 109 Å². The number of nitriles is 1. The van der Waals surface area contributed by atoms with Crippen LogP contribution in [-0.2, 0) is 32.8 Å². The van der Waals surface area contributed by atoms with Crippen molar-refractivity contribution in [1.29, 1.82) is 5.26 Å². The van der Waals surface area contributed by atoms with Gasteiger partial charge in [0.1, 0.15) is 0 Å². The van der Waals surface area contributed by atoms with Crippen molar-refractivity contribution < 1.29 is 46.0 Å². The maximum atomic E-state index is 12.5. The molecule has 2 amide bonds. The van der Waals surface area contributed by atoms with E-state index < -0.39 is 26.0 Å². The standard InChI is InChI=1S/C29H53F3N5O7P/c1-5-15-37(16-6-2)45(43-20-7-11-33)44-24-28(21-40-17-8-12-34-25-38,22-41-18-9-13-35-26(3)4)23-42-19-10-14-36-27(39)29(30,31)32/h25,35H,3,5-10,12-24H2,1-2,4H3,(H,34,38)(H,36,39). The highest BCUT2D eigenvalue weighted by Gasteiger charge is 2.38. The molecule has 0 aliphatic carbocycles. The summed E-state index contributed by atoms with van der Waals surface area (Å²) in [6, 6.07) is 2.08. The SMILES string of the molecule is C=C(C)NCCCOCC(COCCCNC=O)(COCCCNC(=O)C(F)(F)F)COP(OCCC#N)N(CCC)CCC. The Balaban J connectivity index is 5.72. The highest BCUT2D eigenvalue weighted by Crippen LogP contribution is 2.44. The largest absolute Gasteiger partial charge is 0.471 e. The molecule has 0 aliphatic rings. The smallest absolute Gasteiger partial charge is 0.389 e. The number of amides is 2. The van der Waals surface area contributed by atoms with Crippen LogP contribution in [0.2, 0.25) is 0 Å². The van der Waals surface area contributed by atoms with E-state index in [1.54, 1.807) is 0 Å². The van der Waals surface area contributed by atoms with Crippen LogP contribution < -0.4 is 16.0 Å². The van der Waals surface area contributed by atoms with Crippen LogP contribution in [0.3, 0.4) is 0 Å². The number of hydrogen-bond donors (Lipinski definition) is 3. The van der Waals surface area contributed by atoms with Gasteiger partial charge >= 0.3 is 12.1 Å². The monoisotopic (exact) mass is 671 g/mol. The van der Waals surface area contributed by atoms with Crippen LogP contribution in [0.5, 0.6) is 0 Å². The molecule has 0 aromatic rings. The Kier molecular flexibility index (Phi) is 25.9. The highest BCUT2D eigenvalue weighted by atomic mass is 31.2. The summed E-state index contributed by atoms with van der Waals surface area (Å²) in [5.41, 5.74) is 0.0294. The summed E-state index contributed by atoms with van der Waals surface area (Å²) >= 11 is 0. The minimum Gasteiger partial charge on any atom is -0.389 e. The molecule has 45 heavy (non-hydrogen) atoms. The third-order valence-corrected chi connectivity index (χ3v) is 7.53. The summed E-state index contributed by atoms with van der Waals surface area (Å²) in [6.45, 7) is 13.9. The molecule has 0 rings (SSSR count). The number of ether oxygens (including phenoxy) is 3. The van der Waals surface area contributed by atoms with Crippen LogP contribution >= 0.6 is 8.53 Å². The summed E-state index contributed by atoms with van der Waals surface area (Å²) < 4.78 is 70.0. The van der Waals surface area contributed by atoms with Gasteiger partial charge in [0.2, 0.25) is 6.41 Å². The number of alkyl halides is 3. The van der Waals surface area contributed by atoms with Gasteiger partial charge in [-0.3, -0.25) is 9.59 Å². The fourth-order valence-electron chi connectivity index (χ4n) is 3.76. The summed E-state index contributed by atoms with van der Waals surface area (Å²) in [5, 5.41) is 16.6. The number of carbonyl (C=O) groups excluding carboxylic acids is 2. The normalized spacial score (nSPS) is 13.6. The summed E-state index contributed by atoms with van der Waals surface area (Å²) in [7, 11) is -1.52. The van der Waals surface area contributed by atoms with Crippen molar-refractivity contribution in [2.24, 2.45) is 5.41 Å². The van der Waals surface area contributed by atoms with Crippen molar-refractivity contribution in [3.05, 3.63) is 12.3 Å². The molecule has 0 saturated carbocycles. The molecule has 0 aliphatic heterocycles. The average molecular weight is 672 g/mol. The van der Waals surface area contributed by atoms with Crippen LogP contribution in [0.1, 0.15) is 59.3 Å². The first-order valence-electron chi connectivity index (χ1n) is 15.4. The van der Waals surface area contributed by atoms with E-state index in [0.717, 1.165) is 31.6 Å². The summed E-state index contributed by atoms with van der Waals surface area (Å²) in [6.07, 6.45) is -0.903. The molecule has 0 fully saturated rings. The zero-order chi connectivity index (χ0) is 33.8. The van der Waals surface area contributed by atoms with Gasteiger partial charge < -0.3 is 39.2 Å². The molecule has 0 aromatic carbocycles. The van der Waals surface area contributed by atoms with Gasteiger partial charge in [0.25, 0.3) is 8.53 Å². The van der Waals surface area contributed by atoms with Gasteiger partial charge in [-0.1, -0.05) is 20.4 Å². The van der Waals surface area contributed by atoms with Gasteiger partial charge in [0, 0.05) is 58.2 Å². The molecule has 0 radical (unpaired) electrons. The van der Waals surface area contributed by atoms with E-state index in [1.807, 2.05) is 12.2 Å². The van der Waals surface area contributed by atoms with Crippen LogP contribution in [0, 0.1) is 16.7 Å². The fourth-order valence-corrected chi connectivity index (χ4v) is 5.52. The second-order valence-corrected chi connectivity index (χ2v) is 12.0. The fraction of sp³-hybridized carbons (Fsp3) is 0.828. The molecule has 0 bridgehead atoms. The molecule has 3 N–H and O–H groups in total. The van der Waals surface area contributed by atoms with Gasteiger partial charge in [-0.25, -0.2) is 4.67 Å². The Labute approximate surface area is 267 Å². The molecule has 0 heterocycles.